The van der Waals surface area contributed by atoms with Crippen LogP contribution in [0, 0.1) is 5.92 Å². The topological polar surface area (TPSA) is 76.2 Å². The third-order valence-electron chi connectivity index (χ3n) is 3.12. The van der Waals surface area contributed by atoms with Gasteiger partial charge in [0.1, 0.15) is 0 Å². The van der Waals surface area contributed by atoms with Crippen molar-refractivity contribution in [2.24, 2.45) is 5.92 Å². The second-order valence-electron chi connectivity index (χ2n) is 5.24. The highest BCUT2D eigenvalue weighted by atomic mass is 32.1. The zero-order valence-corrected chi connectivity index (χ0v) is 12.5. The Morgan fingerprint density at radius 2 is 2.29 bits per heavy atom. The molecule has 5 nitrogen and oxygen atoms in total. The fraction of sp³-hybridized carbons (Fsp3) is 0.267. The summed E-state index contributed by atoms with van der Waals surface area (Å²) in [7, 11) is 0. The number of carboxylic acids is 1. The first-order chi connectivity index (χ1) is 10.1. The van der Waals surface area contributed by atoms with E-state index >= 15 is 0 Å². The van der Waals surface area contributed by atoms with Crippen LogP contribution in [0.25, 0.3) is 21.7 Å². The van der Waals surface area contributed by atoms with E-state index in [-0.39, 0.29) is 11.3 Å². The molecule has 0 saturated heterocycles. The summed E-state index contributed by atoms with van der Waals surface area (Å²) < 4.78 is 5.26. The maximum absolute atomic E-state index is 11.6. The highest BCUT2D eigenvalue weighted by molar-refractivity contribution is 7.13. The third-order valence-corrected chi connectivity index (χ3v) is 4.02. The van der Waals surface area contributed by atoms with Crippen LogP contribution in [-0.4, -0.2) is 21.2 Å². The molecule has 0 aliphatic heterocycles. The van der Waals surface area contributed by atoms with Gasteiger partial charge in [0.15, 0.2) is 0 Å². The maximum atomic E-state index is 11.6. The van der Waals surface area contributed by atoms with Crippen molar-refractivity contribution in [1.29, 1.82) is 0 Å². The second kappa shape index (κ2) is 5.29. The van der Waals surface area contributed by atoms with E-state index in [9.17, 15) is 9.90 Å². The summed E-state index contributed by atoms with van der Waals surface area (Å²) >= 11 is 1.50. The summed E-state index contributed by atoms with van der Waals surface area (Å²) in [5.41, 5.74) is 1.74. The van der Waals surface area contributed by atoms with Crippen LogP contribution >= 0.6 is 11.3 Å². The molecule has 3 aromatic heterocycles. The van der Waals surface area contributed by atoms with Crippen molar-refractivity contribution in [1.82, 2.24) is 10.1 Å². The van der Waals surface area contributed by atoms with E-state index in [1.54, 1.807) is 6.07 Å². The van der Waals surface area contributed by atoms with Crippen LogP contribution in [0.2, 0.25) is 0 Å². The molecule has 0 saturated carbocycles. The average Bonchev–Trinajstić information content (AvgIpc) is 3.07. The number of nitrogens with zero attached hydrogens (tertiary/aromatic N) is 2. The molecule has 1 N–H and O–H groups in total. The lowest BCUT2D eigenvalue weighted by molar-refractivity contribution is 0.0699. The number of aromatic carboxylic acids is 1. The number of rotatable bonds is 4. The van der Waals surface area contributed by atoms with Gasteiger partial charge in [-0.25, -0.2) is 9.78 Å². The van der Waals surface area contributed by atoms with Crippen LogP contribution in [-0.2, 0) is 6.42 Å². The SMILES string of the molecule is CC(C)Cc1noc2nc(-c3cccs3)cc(C(=O)O)c12. The molecule has 0 bridgehead atoms. The molecule has 0 aromatic carbocycles. The number of pyridine rings is 1. The van der Waals surface area contributed by atoms with E-state index in [0.717, 1.165) is 4.88 Å². The van der Waals surface area contributed by atoms with E-state index in [1.807, 2.05) is 17.5 Å². The molecular weight excluding hydrogens is 288 g/mol. The lowest BCUT2D eigenvalue weighted by Crippen LogP contribution is -2.02. The molecule has 108 valence electrons. The Balaban J connectivity index is 2.23. The van der Waals surface area contributed by atoms with Crippen molar-refractivity contribution >= 4 is 28.4 Å². The Morgan fingerprint density at radius 1 is 1.48 bits per heavy atom. The lowest BCUT2D eigenvalue weighted by Gasteiger charge is -2.04. The first-order valence-electron chi connectivity index (χ1n) is 6.62. The van der Waals surface area contributed by atoms with Crippen molar-refractivity contribution in [3.05, 3.63) is 34.8 Å². The zero-order chi connectivity index (χ0) is 15.0. The second-order valence-corrected chi connectivity index (χ2v) is 6.19. The van der Waals surface area contributed by atoms with Gasteiger partial charge in [-0.15, -0.1) is 11.3 Å². The predicted molar refractivity (Wildman–Crippen MR) is 80.6 cm³/mol. The van der Waals surface area contributed by atoms with Gasteiger partial charge in [-0.05, 0) is 29.9 Å². The normalized spacial score (nSPS) is 11.4. The van der Waals surface area contributed by atoms with Gasteiger partial charge in [-0.1, -0.05) is 25.1 Å². The molecule has 0 fully saturated rings. The Hall–Kier alpha value is -2.21. The molecule has 3 aromatic rings. The molecule has 0 radical (unpaired) electrons. The number of hydrogen-bond donors (Lipinski definition) is 1. The molecule has 0 atom stereocenters. The number of fused-ring (bicyclic) bond motifs is 1. The average molecular weight is 302 g/mol. The fourth-order valence-corrected chi connectivity index (χ4v) is 2.94. The van der Waals surface area contributed by atoms with Crippen LogP contribution in [0.3, 0.4) is 0 Å². The fourth-order valence-electron chi connectivity index (χ4n) is 2.26. The van der Waals surface area contributed by atoms with Crippen LogP contribution in [0.15, 0.2) is 28.1 Å². The summed E-state index contributed by atoms with van der Waals surface area (Å²) in [6.45, 7) is 4.10. The number of hydrogen-bond acceptors (Lipinski definition) is 5. The van der Waals surface area contributed by atoms with Crippen molar-refractivity contribution < 1.29 is 14.4 Å². The van der Waals surface area contributed by atoms with Gasteiger partial charge in [0.05, 0.1) is 27.2 Å². The minimum absolute atomic E-state index is 0.195. The van der Waals surface area contributed by atoms with E-state index in [2.05, 4.69) is 24.0 Å². The quantitative estimate of drug-likeness (QED) is 0.792. The Kier molecular flexibility index (Phi) is 3.47. The first kappa shape index (κ1) is 13.8. The van der Waals surface area contributed by atoms with E-state index in [0.29, 0.717) is 29.1 Å². The standard InChI is InChI=1S/C15H14N2O3S/c1-8(2)6-11-13-9(15(18)19)7-10(12-4-3-5-21-12)16-14(13)20-17-11/h3-5,7-8H,6H2,1-2H3,(H,18,19). The number of carbonyl (C=O) groups is 1. The van der Waals surface area contributed by atoms with Gasteiger partial charge in [0, 0.05) is 0 Å². The van der Waals surface area contributed by atoms with Crippen molar-refractivity contribution in [2.75, 3.05) is 0 Å². The van der Waals surface area contributed by atoms with Crippen LogP contribution in [0.4, 0.5) is 0 Å². The molecule has 0 aliphatic carbocycles. The minimum atomic E-state index is -0.992. The van der Waals surface area contributed by atoms with Gasteiger partial charge in [0.2, 0.25) is 0 Å². The highest BCUT2D eigenvalue weighted by Crippen LogP contribution is 2.30. The molecule has 6 heteroatoms. The highest BCUT2D eigenvalue weighted by Gasteiger charge is 2.21. The van der Waals surface area contributed by atoms with E-state index in [1.165, 1.54) is 11.3 Å². The summed E-state index contributed by atoms with van der Waals surface area (Å²) in [5.74, 6) is -0.634. The lowest BCUT2D eigenvalue weighted by atomic mass is 10.0. The smallest absolute Gasteiger partial charge is 0.336 e. The summed E-state index contributed by atoms with van der Waals surface area (Å²) in [6.07, 6.45) is 0.660. The number of thiophene rings is 1. The molecule has 3 heterocycles. The van der Waals surface area contributed by atoms with Crippen molar-refractivity contribution in [2.45, 2.75) is 20.3 Å². The zero-order valence-electron chi connectivity index (χ0n) is 11.7. The van der Waals surface area contributed by atoms with Crippen LogP contribution in [0.1, 0.15) is 29.9 Å². The van der Waals surface area contributed by atoms with Gasteiger partial charge in [0.25, 0.3) is 5.71 Å². The van der Waals surface area contributed by atoms with Crippen LogP contribution in [0.5, 0.6) is 0 Å². The summed E-state index contributed by atoms with van der Waals surface area (Å²) in [5, 5.41) is 15.9. The Labute approximate surface area is 125 Å². The Morgan fingerprint density at radius 3 is 2.90 bits per heavy atom. The van der Waals surface area contributed by atoms with Gasteiger partial charge < -0.3 is 9.63 Å². The minimum Gasteiger partial charge on any atom is -0.478 e. The molecule has 3 rings (SSSR count). The van der Waals surface area contributed by atoms with Crippen molar-refractivity contribution in [3.63, 3.8) is 0 Å². The number of carboxylic acid groups (broad SMARTS) is 1. The molecule has 0 amide bonds. The van der Waals surface area contributed by atoms with E-state index in [4.69, 9.17) is 4.52 Å². The Bertz CT molecular complexity index is 791. The molecule has 0 unspecified atom stereocenters. The summed E-state index contributed by atoms with van der Waals surface area (Å²) in [6, 6.07) is 5.39. The number of aromatic nitrogens is 2. The molecule has 21 heavy (non-hydrogen) atoms. The predicted octanol–water partition coefficient (Wildman–Crippen LogP) is 3.85. The molecular formula is C15H14N2O3S. The first-order valence-corrected chi connectivity index (χ1v) is 7.50. The maximum Gasteiger partial charge on any atom is 0.336 e. The largest absolute Gasteiger partial charge is 0.478 e. The van der Waals surface area contributed by atoms with Gasteiger partial charge in [-0.2, -0.15) is 0 Å². The van der Waals surface area contributed by atoms with Gasteiger partial charge in [-0.3, -0.25) is 0 Å². The summed E-state index contributed by atoms with van der Waals surface area (Å²) in [4.78, 5) is 16.9. The third kappa shape index (κ3) is 2.54. The monoisotopic (exact) mass is 302 g/mol. The van der Waals surface area contributed by atoms with E-state index < -0.39 is 5.97 Å². The van der Waals surface area contributed by atoms with Crippen molar-refractivity contribution in [3.8, 4) is 10.6 Å². The van der Waals surface area contributed by atoms with Crippen LogP contribution < -0.4 is 0 Å². The molecule has 0 aliphatic rings. The van der Waals surface area contributed by atoms with Gasteiger partial charge >= 0.3 is 5.97 Å². The molecule has 0 spiro atoms.